The van der Waals surface area contributed by atoms with Crippen LogP contribution in [-0.4, -0.2) is 18.9 Å². The van der Waals surface area contributed by atoms with Crippen molar-refractivity contribution < 1.29 is 24.0 Å². The normalized spacial score (nSPS) is 8.18. The van der Waals surface area contributed by atoms with Crippen molar-refractivity contribution in [2.75, 3.05) is 6.61 Å². The van der Waals surface area contributed by atoms with E-state index in [0.29, 0.717) is 0 Å². The molecule has 0 heterocycles. The number of amides is 1. The van der Waals surface area contributed by atoms with Crippen molar-refractivity contribution in [3.05, 3.63) is 0 Å². The van der Waals surface area contributed by atoms with Crippen molar-refractivity contribution >= 4 is 12.2 Å². The predicted octanol–water partition coefficient (Wildman–Crippen LogP) is -0.326. The van der Waals surface area contributed by atoms with E-state index in [2.05, 4.69) is 20.3 Å². The predicted molar refractivity (Wildman–Crippen MR) is 31.9 cm³/mol. The number of carbonyl (C=O) groups is 2. The average Bonchev–Trinajstić information content (AvgIpc) is 2.01. The minimum Gasteiger partial charge on any atom is -0.448 e. The molecule has 3 N–H and O–H groups in total. The maximum absolute atomic E-state index is 10.4. The molecule has 0 aromatic rings. The second-order valence-electron chi connectivity index (χ2n) is 1.29. The van der Waals surface area contributed by atoms with Crippen LogP contribution in [-0.2, 0) is 14.4 Å². The van der Waals surface area contributed by atoms with Gasteiger partial charge >= 0.3 is 12.2 Å². The van der Waals surface area contributed by atoms with Gasteiger partial charge in [-0.05, 0) is 6.92 Å². The van der Waals surface area contributed by atoms with Crippen LogP contribution >= 0.6 is 0 Å². The summed E-state index contributed by atoms with van der Waals surface area (Å²) in [4.78, 5) is 27.9. The Balaban J connectivity index is 3.38. The van der Waals surface area contributed by atoms with Crippen molar-refractivity contribution in [1.82, 2.24) is 5.48 Å². The average molecular weight is 164 g/mol. The zero-order valence-electron chi connectivity index (χ0n) is 5.83. The van der Waals surface area contributed by atoms with Gasteiger partial charge in [0.15, 0.2) is 0 Å². The number of ether oxygens (including phenoxy) is 1. The Bertz CT molecular complexity index is 147. The lowest BCUT2D eigenvalue weighted by molar-refractivity contribution is 0.0125. The first kappa shape index (κ1) is 9.50. The highest BCUT2D eigenvalue weighted by Crippen LogP contribution is 1.78. The lowest BCUT2D eigenvalue weighted by atomic mass is 10.9. The van der Waals surface area contributed by atoms with E-state index in [1.807, 2.05) is 0 Å². The van der Waals surface area contributed by atoms with E-state index < -0.39 is 12.2 Å². The molecule has 0 aliphatic heterocycles. The quantitative estimate of drug-likeness (QED) is 0.515. The Morgan fingerprint density at radius 1 is 1.55 bits per heavy atom. The van der Waals surface area contributed by atoms with Crippen LogP contribution in [0.25, 0.3) is 0 Å². The molecule has 11 heavy (non-hydrogen) atoms. The summed E-state index contributed by atoms with van der Waals surface area (Å²) >= 11 is 0. The minimum atomic E-state index is -1.22. The molecular formula is C4H8N2O5. The zero-order chi connectivity index (χ0) is 8.69. The van der Waals surface area contributed by atoms with E-state index >= 15 is 0 Å². The summed E-state index contributed by atoms with van der Waals surface area (Å²) in [5.74, 6) is 4.37. The Kier molecular flexibility index (Phi) is 4.58. The molecule has 0 unspecified atom stereocenters. The fraction of sp³-hybridized carbons (Fsp3) is 0.500. The Morgan fingerprint density at radius 3 is 2.64 bits per heavy atom. The third-order valence-electron chi connectivity index (χ3n) is 0.589. The standard InChI is InChI=1S/C4H8N2O5/c1-2-9-3(7)6-11-4(8)10-5/h2,5H2,1H3,(H,6,7). The van der Waals surface area contributed by atoms with E-state index in [9.17, 15) is 9.59 Å². The highest BCUT2D eigenvalue weighted by Gasteiger charge is 2.05. The largest absolute Gasteiger partial charge is 0.552 e. The number of hydrogen-bond acceptors (Lipinski definition) is 6. The van der Waals surface area contributed by atoms with Gasteiger partial charge in [-0.15, -0.1) is 5.48 Å². The number of nitrogens with one attached hydrogen (secondary N) is 1. The van der Waals surface area contributed by atoms with Crippen molar-refractivity contribution in [1.29, 1.82) is 0 Å². The van der Waals surface area contributed by atoms with E-state index in [0.717, 1.165) is 0 Å². The first-order valence-electron chi connectivity index (χ1n) is 2.71. The van der Waals surface area contributed by atoms with Crippen molar-refractivity contribution in [2.45, 2.75) is 6.92 Å². The van der Waals surface area contributed by atoms with Crippen LogP contribution in [0.3, 0.4) is 0 Å². The molecule has 0 bridgehead atoms. The fourth-order valence-corrected chi connectivity index (χ4v) is 0.268. The third-order valence-corrected chi connectivity index (χ3v) is 0.589. The molecule has 0 aromatic carbocycles. The topological polar surface area (TPSA) is 99.9 Å². The molecule has 0 aliphatic rings. The molecule has 1 amide bonds. The maximum atomic E-state index is 10.4. The van der Waals surface area contributed by atoms with Gasteiger partial charge in [0.2, 0.25) is 0 Å². The SMILES string of the molecule is CCOC(=O)NOC(=O)ON. The second-order valence-corrected chi connectivity index (χ2v) is 1.29. The molecule has 0 aliphatic carbocycles. The molecule has 0 spiro atoms. The highest BCUT2D eigenvalue weighted by atomic mass is 16.9. The highest BCUT2D eigenvalue weighted by molar-refractivity contribution is 5.68. The molecule has 0 atom stereocenters. The summed E-state index contributed by atoms with van der Waals surface area (Å²) in [5, 5.41) is 0. The molecule has 0 fully saturated rings. The van der Waals surface area contributed by atoms with E-state index in [4.69, 9.17) is 0 Å². The number of nitrogens with two attached hydrogens (primary N) is 1. The van der Waals surface area contributed by atoms with Gasteiger partial charge in [-0.2, -0.15) is 10.7 Å². The zero-order valence-corrected chi connectivity index (χ0v) is 5.83. The van der Waals surface area contributed by atoms with Gasteiger partial charge in [0.05, 0.1) is 6.61 Å². The molecule has 0 rings (SSSR count). The summed E-state index contributed by atoms with van der Waals surface area (Å²) in [6.07, 6.45) is -2.11. The Hall–Kier alpha value is -1.50. The molecule has 0 aromatic heterocycles. The summed E-state index contributed by atoms with van der Waals surface area (Å²) < 4.78 is 4.31. The smallest absolute Gasteiger partial charge is 0.448 e. The van der Waals surface area contributed by atoms with Crippen molar-refractivity contribution in [2.24, 2.45) is 5.90 Å². The molecule has 64 valence electrons. The fourth-order valence-electron chi connectivity index (χ4n) is 0.268. The van der Waals surface area contributed by atoms with Gasteiger partial charge in [0, 0.05) is 0 Å². The first-order chi connectivity index (χ1) is 5.20. The van der Waals surface area contributed by atoms with Gasteiger partial charge in [-0.25, -0.2) is 4.79 Å². The third kappa shape index (κ3) is 4.97. The first-order valence-corrected chi connectivity index (χ1v) is 2.71. The van der Waals surface area contributed by atoms with Gasteiger partial charge in [-0.3, -0.25) is 0 Å². The number of hydrogen-bond donors (Lipinski definition) is 2. The molecular weight excluding hydrogens is 156 g/mol. The molecule has 7 nitrogen and oxygen atoms in total. The lowest BCUT2D eigenvalue weighted by Gasteiger charge is -2.02. The van der Waals surface area contributed by atoms with Crippen LogP contribution < -0.4 is 11.4 Å². The van der Waals surface area contributed by atoms with Gasteiger partial charge in [0.25, 0.3) is 0 Å². The van der Waals surface area contributed by atoms with Crippen LogP contribution in [0.15, 0.2) is 0 Å². The van der Waals surface area contributed by atoms with Crippen LogP contribution in [0.4, 0.5) is 9.59 Å². The van der Waals surface area contributed by atoms with Gasteiger partial charge in [-0.1, -0.05) is 0 Å². The minimum absolute atomic E-state index is 0.173. The van der Waals surface area contributed by atoms with Gasteiger partial charge < -0.3 is 14.4 Å². The van der Waals surface area contributed by atoms with Crippen LogP contribution in [0.1, 0.15) is 6.92 Å². The molecule has 7 heteroatoms. The van der Waals surface area contributed by atoms with Crippen molar-refractivity contribution in [3.8, 4) is 0 Å². The lowest BCUT2D eigenvalue weighted by Crippen LogP contribution is -2.29. The van der Waals surface area contributed by atoms with Crippen LogP contribution in [0, 0.1) is 0 Å². The maximum Gasteiger partial charge on any atom is 0.552 e. The summed E-state index contributed by atoms with van der Waals surface area (Å²) in [6.45, 7) is 1.77. The van der Waals surface area contributed by atoms with Crippen LogP contribution in [0.5, 0.6) is 0 Å². The van der Waals surface area contributed by atoms with E-state index in [-0.39, 0.29) is 6.61 Å². The van der Waals surface area contributed by atoms with E-state index in [1.54, 1.807) is 12.4 Å². The number of rotatable bonds is 1. The molecule has 0 radical (unpaired) electrons. The number of carbonyl (C=O) groups excluding carboxylic acids is 2. The van der Waals surface area contributed by atoms with E-state index in [1.165, 1.54) is 0 Å². The summed E-state index contributed by atoms with van der Waals surface area (Å²) in [7, 11) is 0. The second kappa shape index (κ2) is 5.30. The Labute approximate surface area is 62.3 Å². The Morgan fingerprint density at radius 2 is 2.18 bits per heavy atom. The molecule has 0 saturated carbocycles. The summed E-state index contributed by atoms with van der Waals surface area (Å²) in [6, 6.07) is 0. The van der Waals surface area contributed by atoms with Crippen LogP contribution in [0.2, 0.25) is 0 Å². The molecule has 0 saturated heterocycles. The number of hydroxylamine groups is 1. The van der Waals surface area contributed by atoms with Gasteiger partial charge in [0.1, 0.15) is 0 Å². The van der Waals surface area contributed by atoms with Crippen molar-refractivity contribution in [3.63, 3.8) is 0 Å². The summed E-state index contributed by atoms with van der Waals surface area (Å²) in [5.41, 5.74) is 1.62. The monoisotopic (exact) mass is 164 g/mol.